The number of benzene rings is 1. The van der Waals surface area contributed by atoms with Crippen molar-refractivity contribution in [3.63, 3.8) is 0 Å². The third-order valence-electron chi connectivity index (χ3n) is 3.83. The Balaban J connectivity index is 2.20. The predicted molar refractivity (Wildman–Crippen MR) is 86.1 cm³/mol. The molecule has 21 heavy (non-hydrogen) atoms. The molecule has 1 aromatic rings. The number of rotatable bonds is 5. The molecule has 2 rings (SSSR count). The molecule has 2 atom stereocenters. The molecule has 1 aliphatic rings. The summed E-state index contributed by atoms with van der Waals surface area (Å²) >= 11 is 6.31. The van der Waals surface area contributed by atoms with Crippen LogP contribution in [0.25, 0.3) is 0 Å². The third-order valence-corrected chi connectivity index (χ3v) is 4.12. The van der Waals surface area contributed by atoms with Crippen molar-refractivity contribution in [3.05, 3.63) is 28.8 Å². The number of hydrogen-bond donors (Lipinski definition) is 2. The van der Waals surface area contributed by atoms with Gasteiger partial charge in [0, 0.05) is 25.7 Å². The van der Waals surface area contributed by atoms with Gasteiger partial charge in [-0.25, -0.2) is 0 Å². The van der Waals surface area contributed by atoms with Crippen LogP contribution in [0.2, 0.25) is 5.02 Å². The lowest BCUT2D eigenvalue weighted by atomic mass is 10.0. The smallest absolute Gasteiger partial charge is 0.138 e. The van der Waals surface area contributed by atoms with Crippen LogP contribution in [0.4, 0.5) is 0 Å². The molecule has 118 valence electrons. The molecule has 0 aromatic heterocycles. The summed E-state index contributed by atoms with van der Waals surface area (Å²) in [6, 6.07) is 6.18. The molecule has 2 N–H and O–H groups in total. The Hall–Kier alpha value is -0.810. The molecule has 0 amide bonds. The first-order valence-corrected chi connectivity index (χ1v) is 7.94. The summed E-state index contributed by atoms with van der Waals surface area (Å²) in [5, 5.41) is 13.8. The van der Waals surface area contributed by atoms with Crippen LogP contribution in [-0.2, 0) is 0 Å². The van der Waals surface area contributed by atoms with Gasteiger partial charge in [-0.05, 0) is 38.5 Å². The highest BCUT2D eigenvalue weighted by Gasteiger charge is 2.27. The number of ether oxygens (including phenoxy) is 1. The van der Waals surface area contributed by atoms with Crippen LogP contribution >= 0.6 is 11.6 Å². The van der Waals surface area contributed by atoms with Crippen molar-refractivity contribution in [3.8, 4) is 5.75 Å². The van der Waals surface area contributed by atoms with E-state index >= 15 is 0 Å². The summed E-state index contributed by atoms with van der Waals surface area (Å²) in [6.07, 6.45) is 0.0928. The molecule has 0 aliphatic carbocycles. The van der Waals surface area contributed by atoms with Crippen LogP contribution in [0.3, 0.4) is 0 Å². The minimum Gasteiger partial charge on any atom is -0.489 e. The van der Waals surface area contributed by atoms with E-state index in [1.165, 1.54) is 0 Å². The highest BCUT2D eigenvalue weighted by molar-refractivity contribution is 6.32. The largest absolute Gasteiger partial charge is 0.489 e. The lowest BCUT2D eigenvalue weighted by Gasteiger charge is -2.39. The maximum absolute atomic E-state index is 9.82. The van der Waals surface area contributed by atoms with Crippen LogP contribution in [0, 0.1) is 0 Å². The quantitative estimate of drug-likeness (QED) is 0.876. The van der Waals surface area contributed by atoms with E-state index in [2.05, 4.69) is 17.1 Å². The minimum absolute atomic E-state index is 0.0206. The van der Waals surface area contributed by atoms with E-state index < -0.39 is 0 Å². The SMILES string of the molecule is CC(C)Oc1ccc(C(CO)N2CCNCC2C)cc1Cl. The van der Waals surface area contributed by atoms with Gasteiger partial charge in [0.15, 0.2) is 0 Å². The van der Waals surface area contributed by atoms with E-state index in [9.17, 15) is 5.11 Å². The van der Waals surface area contributed by atoms with Crippen LogP contribution in [-0.4, -0.2) is 48.4 Å². The van der Waals surface area contributed by atoms with Gasteiger partial charge < -0.3 is 15.2 Å². The molecule has 0 saturated carbocycles. The van der Waals surface area contributed by atoms with Gasteiger partial charge in [-0.15, -0.1) is 0 Å². The molecular weight excluding hydrogens is 288 g/mol. The molecule has 5 heteroatoms. The van der Waals surface area contributed by atoms with Gasteiger partial charge in [0.1, 0.15) is 5.75 Å². The molecule has 0 bridgehead atoms. The van der Waals surface area contributed by atoms with Crippen molar-refractivity contribution in [2.24, 2.45) is 0 Å². The van der Waals surface area contributed by atoms with Crippen molar-refractivity contribution < 1.29 is 9.84 Å². The molecule has 1 aromatic carbocycles. The van der Waals surface area contributed by atoms with Crippen LogP contribution < -0.4 is 10.1 Å². The predicted octanol–water partition coefficient (Wildman–Crippen LogP) is 2.45. The first-order chi connectivity index (χ1) is 10.0. The molecule has 1 aliphatic heterocycles. The summed E-state index contributed by atoms with van der Waals surface area (Å²) in [5.74, 6) is 0.695. The van der Waals surface area contributed by atoms with E-state index in [4.69, 9.17) is 16.3 Å². The maximum atomic E-state index is 9.82. The molecular formula is C16H25ClN2O2. The van der Waals surface area contributed by atoms with E-state index in [1.54, 1.807) is 0 Å². The first-order valence-electron chi connectivity index (χ1n) is 7.56. The summed E-state index contributed by atoms with van der Waals surface area (Å²) in [4.78, 5) is 2.32. The van der Waals surface area contributed by atoms with Gasteiger partial charge in [-0.3, -0.25) is 4.90 Å². The Morgan fingerprint density at radius 3 is 2.81 bits per heavy atom. The van der Waals surface area contributed by atoms with Gasteiger partial charge in [-0.1, -0.05) is 17.7 Å². The van der Waals surface area contributed by atoms with Crippen LogP contribution in [0.1, 0.15) is 32.4 Å². The fourth-order valence-corrected chi connectivity index (χ4v) is 3.03. The highest BCUT2D eigenvalue weighted by atomic mass is 35.5. The van der Waals surface area contributed by atoms with Gasteiger partial charge in [0.05, 0.1) is 23.8 Å². The monoisotopic (exact) mass is 312 g/mol. The normalized spacial score (nSPS) is 21.5. The first kappa shape index (κ1) is 16.6. The van der Waals surface area contributed by atoms with Crippen molar-refractivity contribution in [2.75, 3.05) is 26.2 Å². The van der Waals surface area contributed by atoms with Crippen molar-refractivity contribution in [1.29, 1.82) is 0 Å². The Bertz CT molecular complexity index is 468. The second-order valence-corrected chi connectivity index (χ2v) is 6.25. The van der Waals surface area contributed by atoms with E-state index in [-0.39, 0.29) is 18.8 Å². The zero-order valence-corrected chi connectivity index (χ0v) is 13.7. The van der Waals surface area contributed by atoms with Crippen molar-refractivity contribution >= 4 is 11.6 Å². The number of nitrogens with zero attached hydrogens (tertiary/aromatic N) is 1. The number of halogens is 1. The van der Waals surface area contributed by atoms with Crippen molar-refractivity contribution in [1.82, 2.24) is 10.2 Å². The summed E-state index contributed by atoms with van der Waals surface area (Å²) in [5.41, 5.74) is 1.03. The molecule has 1 saturated heterocycles. The number of aliphatic hydroxyl groups is 1. The van der Waals surface area contributed by atoms with Crippen LogP contribution in [0.5, 0.6) is 5.75 Å². The fourth-order valence-electron chi connectivity index (χ4n) is 2.80. The average molecular weight is 313 g/mol. The average Bonchev–Trinajstić information content (AvgIpc) is 2.44. The van der Waals surface area contributed by atoms with E-state index in [1.807, 2.05) is 32.0 Å². The lowest BCUT2D eigenvalue weighted by molar-refractivity contribution is 0.0723. The van der Waals surface area contributed by atoms with Gasteiger partial charge in [0.25, 0.3) is 0 Å². The zero-order valence-electron chi connectivity index (χ0n) is 13.0. The summed E-state index contributed by atoms with van der Waals surface area (Å²) < 4.78 is 5.66. The van der Waals surface area contributed by atoms with E-state index in [0.717, 1.165) is 25.2 Å². The minimum atomic E-state index is -0.0206. The third kappa shape index (κ3) is 4.10. The van der Waals surface area contributed by atoms with Gasteiger partial charge in [-0.2, -0.15) is 0 Å². The molecule has 1 fully saturated rings. The maximum Gasteiger partial charge on any atom is 0.138 e. The Morgan fingerprint density at radius 2 is 2.24 bits per heavy atom. The second kappa shape index (κ2) is 7.45. The topological polar surface area (TPSA) is 44.7 Å². The lowest BCUT2D eigenvalue weighted by Crippen LogP contribution is -2.51. The number of aliphatic hydroxyl groups excluding tert-OH is 1. The van der Waals surface area contributed by atoms with Crippen molar-refractivity contribution in [2.45, 2.75) is 39.0 Å². The molecule has 0 radical (unpaired) electrons. The number of nitrogens with one attached hydrogen (secondary N) is 1. The molecule has 4 nitrogen and oxygen atoms in total. The molecule has 2 unspecified atom stereocenters. The summed E-state index contributed by atoms with van der Waals surface area (Å²) in [6.45, 7) is 9.03. The van der Waals surface area contributed by atoms with Crippen LogP contribution in [0.15, 0.2) is 18.2 Å². The molecule has 0 spiro atoms. The van der Waals surface area contributed by atoms with E-state index in [0.29, 0.717) is 16.8 Å². The second-order valence-electron chi connectivity index (χ2n) is 5.85. The number of piperazine rings is 1. The highest BCUT2D eigenvalue weighted by Crippen LogP contribution is 2.31. The van der Waals surface area contributed by atoms with Gasteiger partial charge in [0.2, 0.25) is 0 Å². The molecule has 1 heterocycles. The van der Waals surface area contributed by atoms with Gasteiger partial charge >= 0.3 is 0 Å². The Labute approximate surface area is 132 Å². The Kier molecular flexibility index (Phi) is 5.88. The standard InChI is InChI=1S/C16H25ClN2O2/c1-11(2)21-16-5-4-13(8-14(16)17)15(10-20)19-7-6-18-9-12(19)3/h4-5,8,11-12,15,18,20H,6-7,9-10H2,1-3H3. The fraction of sp³-hybridized carbons (Fsp3) is 0.625. The zero-order chi connectivity index (χ0) is 15.4. The summed E-state index contributed by atoms with van der Waals surface area (Å²) in [7, 11) is 0. The number of hydrogen-bond acceptors (Lipinski definition) is 4. The Morgan fingerprint density at radius 1 is 1.48 bits per heavy atom.